The van der Waals surface area contributed by atoms with E-state index in [9.17, 15) is 9.18 Å². The first-order chi connectivity index (χ1) is 10.1. The van der Waals surface area contributed by atoms with Gasteiger partial charge in [-0.3, -0.25) is 4.79 Å². The summed E-state index contributed by atoms with van der Waals surface area (Å²) in [5, 5.41) is 13.5. The highest BCUT2D eigenvalue weighted by Crippen LogP contribution is 2.05. The van der Waals surface area contributed by atoms with Crippen molar-refractivity contribution in [3.63, 3.8) is 0 Å². The fourth-order valence-electron chi connectivity index (χ4n) is 1.74. The van der Waals surface area contributed by atoms with E-state index in [-0.39, 0.29) is 35.9 Å². The molecule has 0 fully saturated rings. The summed E-state index contributed by atoms with van der Waals surface area (Å²) in [4.78, 5) is 11.9. The Morgan fingerprint density at radius 1 is 1.45 bits per heavy atom. The van der Waals surface area contributed by atoms with Gasteiger partial charge in [0.1, 0.15) is 5.82 Å². The smallest absolute Gasteiger partial charge is 0.273 e. The van der Waals surface area contributed by atoms with Gasteiger partial charge in [-0.25, -0.2) is 9.07 Å². The molecule has 0 spiro atoms. The van der Waals surface area contributed by atoms with Crippen LogP contribution in [-0.2, 0) is 6.54 Å². The normalized spacial score (nSPS) is 11.6. The summed E-state index contributed by atoms with van der Waals surface area (Å²) >= 11 is 0. The summed E-state index contributed by atoms with van der Waals surface area (Å²) in [6.07, 6.45) is 1.55. The zero-order chi connectivity index (χ0) is 15.2. The lowest BCUT2D eigenvalue weighted by Crippen LogP contribution is -2.37. The molecule has 1 aromatic heterocycles. The molecule has 0 bridgehead atoms. The van der Waals surface area contributed by atoms with Gasteiger partial charge < -0.3 is 10.6 Å². The Kier molecular flexibility index (Phi) is 6.94. The molecule has 22 heavy (non-hydrogen) atoms. The Labute approximate surface area is 134 Å². The van der Waals surface area contributed by atoms with E-state index in [1.807, 2.05) is 14.0 Å². The Balaban J connectivity index is 0.00000242. The quantitative estimate of drug-likeness (QED) is 0.837. The molecule has 2 aromatic rings. The molecule has 1 heterocycles. The van der Waals surface area contributed by atoms with Crippen molar-refractivity contribution in [2.75, 3.05) is 13.6 Å². The van der Waals surface area contributed by atoms with E-state index in [0.29, 0.717) is 13.1 Å². The number of nitrogens with zero attached hydrogens (tertiary/aromatic N) is 3. The predicted octanol–water partition coefficient (Wildman–Crippen LogP) is 1.23. The average molecular weight is 328 g/mol. The second kappa shape index (κ2) is 8.45. The number of nitrogens with one attached hydrogen (secondary N) is 2. The Morgan fingerprint density at radius 2 is 2.23 bits per heavy atom. The topological polar surface area (TPSA) is 71.8 Å². The number of benzene rings is 1. The molecule has 0 aliphatic rings. The molecular weight excluding hydrogens is 309 g/mol. The van der Waals surface area contributed by atoms with Crippen LogP contribution in [0.1, 0.15) is 23.0 Å². The Hall–Kier alpha value is -1.99. The van der Waals surface area contributed by atoms with Gasteiger partial charge in [0.15, 0.2) is 5.69 Å². The van der Waals surface area contributed by atoms with Crippen molar-refractivity contribution in [2.45, 2.75) is 19.5 Å². The lowest BCUT2D eigenvalue weighted by atomic mass is 10.2. The number of hydrogen-bond donors (Lipinski definition) is 2. The standard InChI is InChI=1S/C14H18FN5O.ClH/c1-10(16-2)7-17-14(21)13-9-20(19-18-13)8-11-4-3-5-12(15)6-11;/h3-6,9-10,16H,7-8H2,1-2H3,(H,17,21);1H. The molecule has 1 aromatic carbocycles. The van der Waals surface area contributed by atoms with Crippen LogP contribution in [0, 0.1) is 5.82 Å². The van der Waals surface area contributed by atoms with Crippen molar-refractivity contribution in [1.82, 2.24) is 25.6 Å². The first kappa shape index (κ1) is 18.1. The van der Waals surface area contributed by atoms with Gasteiger partial charge in [0.2, 0.25) is 0 Å². The monoisotopic (exact) mass is 327 g/mol. The minimum atomic E-state index is -0.299. The molecule has 1 atom stereocenters. The highest BCUT2D eigenvalue weighted by atomic mass is 35.5. The van der Waals surface area contributed by atoms with Crippen LogP contribution in [0.5, 0.6) is 0 Å². The molecule has 1 unspecified atom stereocenters. The molecule has 8 heteroatoms. The van der Waals surface area contributed by atoms with Crippen LogP contribution in [0.25, 0.3) is 0 Å². The van der Waals surface area contributed by atoms with E-state index >= 15 is 0 Å². The fourth-order valence-corrected chi connectivity index (χ4v) is 1.74. The van der Waals surface area contributed by atoms with E-state index in [2.05, 4.69) is 20.9 Å². The van der Waals surface area contributed by atoms with Crippen molar-refractivity contribution in [2.24, 2.45) is 0 Å². The van der Waals surface area contributed by atoms with Gasteiger partial charge in [0.05, 0.1) is 12.7 Å². The van der Waals surface area contributed by atoms with Gasteiger partial charge >= 0.3 is 0 Å². The van der Waals surface area contributed by atoms with Gasteiger partial charge in [-0.15, -0.1) is 17.5 Å². The van der Waals surface area contributed by atoms with Crippen molar-refractivity contribution in [3.05, 3.63) is 47.5 Å². The maximum atomic E-state index is 13.1. The number of carbonyl (C=O) groups is 1. The van der Waals surface area contributed by atoms with Crippen LogP contribution in [0.3, 0.4) is 0 Å². The van der Waals surface area contributed by atoms with E-state index < -0.39 is 0 Å². The molecular formula is C14H19ClFN5O. The van der Waals surface area contributed by atoms with Crippen molar-refractivity contribution < 1.29 is 9.18 Å². The number of halogens is 2. The molecule has 120 valence electrons. The van der Waals surface area contributed by atoms with Gasteiger partial charge in [0.25, 0.3) is 5.91 Å². The number of aromatic nitrogens is 3. The molecule has 6 nitrogen and oxygen atoms in total. The lowest BCUT2D eigenvalue weighted by Gasteiger charge is -2.09. The number of hydrogen-bond acceptors (Lipinski definition) is 4. The third-order valence-electron chi connectivity index (χ3n) is 3.07. The summed E-state index contributed by atoms with van der Waals surface area (Å²) in [6.45, 7) is 2.83. The van der Waals surface area contributed by atoms with Crippen LogP contribution in [0.15, 0.2) is 30.5 Å². The van der Waals surface area contributed by atoms with Gasteiger partial charge in [-0.05, 0) is 31.7 Å². The summed E-state index contributed by atoms with van der Waals surface area (Å²) in [6, 6.07) is 6.41. The van der Waals surface area contributed by atoms with Crippen LogP contribution < -0.4 is 10.6 Å². The Morgan fingerprint density at radius 3 is 2.91 bits per heavy atom. The number of carbonyl (C=O) groups excluding carboxylic acids is 1. The maximum absolute atomic E-state index is 13.1. The lowest BCUT2D eigenvalue weighted by molar-refractivity contribution is 0.0945. The van der Waals surface area contributed by atoms with E-state index in [4.69, 9.17) is 0 Å². The minimum absolute atomic E-state index is 0. The van der Waals surface area contributed by atoms with Gasteiger partial charge in [-0.2, -0.15) is 0 Å². The number of rotatable bonds is 6. The molecule has 2 N–H and O–H groups in total. The van der Waals surface area contributed by atoms with E-state index in [1.165, 1.54) is 16.8 Å². The second-order valence-corrected chi connectivity index (χ2v) is 4.83. The molecule has 0 radical (unpaired) electrons. The maximum Gasteiger partial charge on any atom is 0.273 e. The SMILES string of the molecule is CNC(C)CNC(=O)c1cn(Cc2cccc(F)c2)nn1.Cl. The van der Waals surface area contributed by atoms with Crippen LogP contribution >= 0.6 is 12.4 Å². The first-order valence-corrected chi connectivity index (χ1v) is 6.68. The summed E-state index contributed by atoms with van der Waals surface area (Å²) in [5.41, 5.74) is 1.00. The van der Waals surface area contributed by atoms with Crippen LogP contribution in [0.4, 0.5) is 4.39 Å². The van der Waals surface area contributed by atoms with E-state index in [0.717, 1.165) is 5.56 Å². The first-order valence-electron chi connectivity index (χ1n) is 6.68. The minimum Gasteiger partial charge on any atom is -0.349 e. The highest BCUT2D eigenvalue weighted by Gasteiger charge is 2.11. The molecule has 0 aliphatic carbocycles. The average Bonchev–Trinajstić information content (AvgIpc) is 2.93. The summed E-state index contributed by atoms with van der Waals surface area (Å²) in [7, 11) is 1.83. The highest BCUT2D eigenvalue weighted by molar-refractivity contribution is 5.91. The van der Waals surface area contributed by atoms with Gasteiger partial charge in [-0.1, -0.05) is 17.3 Å². The van der Waals surface area contributed by atoms with Gasteiger partial charge in [0, 0.05) is 12.6 Å². The third-order valence-corrected chi connectivity index (χ3v) is 3.07. The fraction of sp³-hybridized carbons (Fsp3) is 0.357. The summed E-state index contributed by atoms with van der Waals surface area (Å²) in [5.74, 6) is -0.575. The zero-order valence-electron chi connectivity index (χ0n) is 12.4. The summed E-state index contributed by atoms with van der Waals surface area (Å²) < 4.78 is 14.6. The van der Waals surface area contributed by atoms with Crippen molar-refractivity contribution >= 4 is 18.3 Å². The molecule has 0 saturated carbocycles. The zero-order valence-corrected chi connectivity index (χ0v) is 13.2. The third kappa shape index (κ3) is 5.09. The molecule has 0 aliphatic heterocycles. The van der Waals surface area contributed by atoms with Crippen molar-refractivity contribution in [1.29, 1.82) is 0 Å². The number of amides is 1. The predicted molar refractivity (Wildman–Crippen MR) is 83.6 cm³/mol. The largest absolute Gasteiger partial charge is 0.349 e. The van der Waals surface area contributed by atoms with Crippen molar-refractivity contribution in [3.8, 4) is 0 Å². The second-order valence-electron chi connectivity index (χ2n) is 4.83. The van der Waals surface area contributed by atoms with E-state index in [1.54, 1.807) is 18.3 Å². The molecule has 2 rings (SSSR count). The Bertz CT molecular complexity index is 619. The molecule has 0 saturated heterocycles. The van der Waals surface area contributed by atoms with Crippen LogP contribution in [-0.4, -0.2) is 40.5 Å². The molecule has 1 amide bonds. The number of likely N-dealkylation sites (N-methyl/N-ethyl adjacent to an activating group) is 1. The van der Waals surface area contributed by atoms with Crippen LogP contribution in [0.2, 0.25) is 0 Å².